The van der Waals surface area contributed by atoms with E-state index in [1.54, 1.807) is 17.6 Å². The highest BCUT2D eigenvalue weighted by Gasteiger charge is 2.44. The Hall–Kier alpha value is -2.90. The fourth-order valence-electron chi connectivity index (χ4n) is 6.11. The van der Waals surface area contributed by atoms with Gasteiger partial charge in [0.15, 0.2) is 0 Å². The van der Waals surface area contributed by atoms with Gasteiger partial charge in [-0.3, -0.25) is 14.5 Å². The summed E-state index contributed by atoms with van der Waals surface area (Å²) in [6.07, 6.45) is 7.64. The third-order valence-corrected chi connectivity index (χ3v) is 8.76. The van der Waals surface area contributed by atoms with Gasteiger partial charge in [0.1, 0.15) is 5.76 Å². The van der Waals surface area contributed by atoms with Gasteiger partial charge in [0.05, 0.1) is 24.8 Å². The highest BCUT2D eigenvalue weighted by Crippen LogP contribution is 2.44. The molecule has 1 N–H and O–H groups in total. The van der Waals surface area contributed by atoms with Crippen LogP contribution in [0.2, 0.25) is 0 Å². The van der Waals surface area contributed by atoms with Gasteiger partial charge in [0.2, 0.25) is 5.91 Å². The zero-order valence-corrected chi connectivity index (χ0v) is 23.3. The minimum atomic E-state index is -0.435. The average molecular weight is 534 g/mol. The second-order valence-corrected chi connectivity index (χ2v) is 12.0. The van der Waals surface area contributed by atoms with Crippen molar-refractivity contribution in [2.24, 2.45) is 5.92 Å². The zero-order valence-electron chi connectivity index (χ0n) is 22.5. The van der Waals surface area contributed by atoms with Crippen LogP contribution in [-0.2, 0) is 11.3 Å². The van der Waals surface area contributed by atoms with E-state index in [9.17, 15) is 9.59 Å². The van der Waals surface area contributed by atoms with E-state index in [-0.39, 0.29) is 17.9 Å². The standard InChI is InChI=1S/C31H39N3O3S/c1-22(2)20-34-29(27-15-8-19-38-27)28(25-13-5-6-14-26(25)31(34)36)30(35)32-16-9-17-33(23-10-3-4-11-23)21-24-12-7-18-37-24/h5-8,12-15,18-19,22-23,28-29H,3-4,9-11,16-17,20-21H2,1-2H3,(H,32,35). The summed E-state index contributed by atoms with van der Waals surface area (Å²) in [5.74, 6) is 0.868. The second-order valence-electron chi connectivity index (χ2n) is 11.0. The maximum absolute atomic E-state index is 13.9. The van der Waals surface area contributed by atoms with Crippen molar-refractivity contribution in [1.82, 2.24) is 15.1 Å². The van der Waals surface area contributed by atoms with Gasteiger partial charge < -0.3 is 14.6 Å². The van der Waals surface area contributed by atoms with Gasteiger partial charge in [0, 0.05) is 36.1 Å². The quantitative estimate of drug-likeness (QED) is 0.297. The maximum atomic E-state index is 13.9. The zero-order chi connectivity index (χ0) is 26.5. The summed E-state index contributed by atoms with van der Waals surface area (Å²) >= 11 is 1.62. The molecule has 2 atom stereocenters. The van der Waals surface area contributed by atoms with Gasteiger partial charge in [-0.15, -0.1) is 11.3 Å². The van der Waals surface area contributed by atoms with Gasteiger partial charge >= 0.3 is 0 Å². The average Bonchev–Trinajstić information content (AvgIpc) is 3.71. The molecule has 38 heavy (non-hydrogen) atoms. The number of hydrogen-bond donors (Lipinski definition) is 1. The molecule has 1 saturated carbocycles. The lowest BCUT2D eigenvalue weighted by Crippen LogP contribution is -2.48. The molecule has 0 spiro atoms. The molecule has 202 valence electrons. The Kier molecular flexibility index (Phi) is 8.65. The first kappa shape index (κ1) is 26.7. The number of rotatable bonds is 11. The molecular weight excluding hydrogens is 494 g/mol. The normalized spacial score (nSPS) is 19.9. The van der Waals surface area contributed by atoms with Gasteiger partial charge in [0.25, 0.3) is 5.91 Å². The Morgan fingerprint density at radius 1 is 1.13 bits per heavy atom. The Bertz CT molecular complexity index is 1180. The molecule has 5 rings (SSSR count). The van der Waals surface area contributed by atoms with Crippen LogP contribution in [0, 0.1) is 5.92 Å². The molecule has 1 fully saturated rings. The lowest BCUT2D eigenvalue weighted by atomic mass is 9.81. The number of carbonyl (C=O) groups is 2. The summed E-state index contributed by atoms with van der Waals surface area (Å²) in [7, 11) is 0. The van der Waals surface area contributed by atoms with Crippen LogP contribution in [0.5, 0.6) is 0 Å². The van der Waals surface area contributed by atoms with Crippen molar-refractivity contribution in [2.75, 3.05) is 19.6 Å². The van der Waals surface area contributed by atoms with Crippen LogP contribution in [0.25, 0.3) is 0 Å². The van der Waals surface area contributed by atoms with E-state index < -0.39 is 5.92 Å². The monoisotopic (exact) mass is 533 g/mol. The van der Waals surface area contributed by atoms with Gasteiger partial charge in [-0.1, -0.05) is 51.0 Å². The van der Waals surface area contributed by atoms with E-state index in [1.165, 1.54) is 25.7 Å². The lowest BCUT2D eigenvalue weighted by molar-refractivity contribution is -0.124. The first-order chi connectivity index (χ1) is 18.5. The summed E-state index contributed by atoms with van der Waals surface area (Å²) in [5, 5.41) is 5.28. The molecule has 2 unspecified atom stereocenters. The van der Waals surface area contributed by atoms with E-state index in [0.29, 0.717) is 30.6 Å². The SMILES string of the molecule is CC(C)CN1C(=O)c2ccccc2C(C(=O)NCCCN(Cc2ccco2)C2CCCC2)C1c1cccs1. The molecule has 0 saturated heterocycles. The molecule has 1 aliphatic carbocycles. The second kappa shape index (κ2) is 12.3. The Labute approximate surface area is 230 Å². The van der Waals surface area contributed by atoms with Gasteiger partial charge in [-0.25, -0.2) is 0 Å². The Balaban J connectivity index is 1.31. The van der Waals surface area contributed by atoms with Crippen molar-refractivity contribution in [3.05, 3.63) is 81.9 Å². The first-order valence-corrected chi connectivity index (χ1v) is 14.9. The van der Waals surface area contributed by atoms with Gasteiger partial charge in [-0.2, -0.15) is 0 Å². The van der Waals surface area contributed by atoms with E-state index in [4.69, 9.17) is 4.42 Å². The molecule has 6 nitrogen and oxygen atoms in total. The number of thiophene rings is 1. The molecular formula is C31H39N3O3S. The van der Waals surface area contributed by atoms with Crippen molar-refractivity contribution in [2.45, 2.75) is 70.5 Å². The van der Waals surface area contributed by atoms with Crippen molar-refractivity contribution in [3.63, 3.8) is 0 Å². The molecule has 7 heteroatoms. The fraction of sp³-hybridized carbons (Fsp3) is 0.484. The van der Waals surface area contributed by atoms with Crippen LogP contribution in [-0.4, -0.2) is 47.3 Å². The van der Waals surface area contributed by atoms with Gasteiger partial charge in [-0.05, 0) is 60.4 Å². The number of nitrogens with one attached hydrogen (secondary N) is 1. The van der Waals surface area contributed by atoms with Crippen LogP contribution in [0.3, 0.4) is 0 Å². The highest BCUT2D eigenvalue weighted by molar-refractivity contribution is 7.10. The predicted octanol–water partition coefficient (Wildman–Crippen LogP) is 6.23. The number of amides is 2. The number of fused-ring (bicyclic) bond motifs is 1. The Morgan fingerprint density at radius 3 is 2.66 bits per heavy atom. The van der Waals surface area contributed by atoms with Crippen LogP contribution in [0.15, 0.2) is 64.6 Å². The third-order valence-electron chi connectivity index (χ3n) is 7.82. The topological polar surface area (TPSA) is 65.8 Å². The fourth-order valence-corrected chi connectivity index (χ4v) is 6.99. The van der Waals surface area contributed by atoms with Crippen LogP contribution < -0.4 is 5.32 Å². The minimum Gasteiger partial charge on any atom is -0.468 e. The molecule has 0 bridgehead atoms. The molecule has 2 aliphatic rings. The summed E-state index contributed by atoms with van der Waals surface area (Å²) in [4.78, 5) is 33.0. The summed E-state index contributed by atoms with van der Waals surface area (Å²) in [5.41, 5.74) is 1.48. The van der Waals surface area contributed by atoms with Crippen LogP contribution >= 0.6 is 11.3 Å². The van der Waals surface area contributed by atoms with E-state index in [0.717, 1.165) is 35.7 Å². The molecule has 1 aromatic carbocycles. The number of furan rings is 1. The molecule has 2 aromatic heterocycles. The minimum absolute atomic E-state index is 0.00411. The molecule has 0 radical (unpaired) electrons. The number of benzene rings is 1. The molecule has 3 heterocycles. The predicted molar refractivity (Wildman–Crippen MR) is 151 cm³/mol. The van der Waals surface area contributed by atoms with Crippen LogP contribution in [0.1, 0.15) is 84.5 Å². The van der Waals surface area contributed by atoms with Crippen LogP contribution in [0.4, 0.5) is 0 Å². The highest BCUT2D eigenvalue weighted by atomic mass is 32.1. The van der Waals surface area contributed by atoms with E-state index in [2.05, 4.69) is 30.1 Å². The molecule has 3 aromatic rings. The molecule has 2 amide bonds. The van der Waals surface area contributed by atoms with Crippen molar-refractivity contribution >= 4 is 23.2 Å². The van der Waals surface area contributed by atoms with Crippen molar-refractivity contribution in [3.8, 4) is 0 Å². The smallest absolute Gasteiger partial charge is 0.254 e. The number of nitrogens with zero attached hydrogens (tertiary/aromatic N) is 2. The van der Waals surface area contributed by atoms with Crippen molar-refractivity contribution in [1.29, 1.82) is 0 Å². The number of carbonyl (C=O) groups excluding carboxylic acids is 2. The lowest BCUT2D eigenvalue weighted by Gasteiger charge is -2.42. The maximum Gasteiger partial charge on any atom is 0.254 e. The summed E-state index contributed by atoms with van der Waals surface area (Å²) in [6, 6.07) is 16.0. The van der Waals surface area contributed by atoms with E-state index in [1.807, 2.05) is 52.7 Å². The first-order valence-electron chi connectivity index (χ1n) is 14.0. The van der Waals surface area contributed by atoms with Crippen molar-refractivity contribution < 1.29 is 14.0 Å². The van der Waals surface area contributed by atoms with E-state index >= 15 is 0 Å². The number of hydrogen-bond acceptors (Lipinski definition) is 5. The summed E-state index contributed by atoms with van der Waals surface area (Å²) < 4.78 is 5.63. The Morgan fingerprint density at radius 2 is 1.95 bits per heavy atom. The molecule has 1 aliphatic heterocycles. The summed E-state index contributed by atoms with van der Waals surface area (Å²) in [6.45, 7) is 7.19. The largest absolute Gasteiger partial charge is 0.468 e. The third kappa shape index (κ3) is 5.89.